The molecule has 108 valence electrons. The summed E-state index contributed by atoms with van der Waals surface area (Å²) >= 11 is 0. The highest BCUT2D eigenvalue weighted by Gasteiger charge is 2.33. The zero-order chi connectivity index (χ0) is 14.3. The van der Waals surface area contributed by atoms with Crippen molar-refractivity contribution in [1.82, 2.24) is 4.90 Å². The lowest BCUT2D eigenvalue weighted by Crippen LogP contribution is -2.40. The van der Waals surface area contributed by atoms with E-state index in [1.54, 1.807) is 0 Å². The topological polar surface area (TPSA) is 38.8 Å². The van der Waals surface area contributed by atoms with Crippen LogP contribution in [0.15, 0.2) is 24.5 Å². The largest absolute Gasteiger partial charge is 0.497 e. The molecule has 6 heteroatoms. The molecule has 0 radical (unpaired) electrons. The zero-order valence-electron chi connectivity index (χ0n) is 11.0. The second-order valence-electron chi connectivity index (χ2n) is 4.37. The second-order valence-corrected chi connectivity index (χ2v) is 4.37. The van der Waals surface area contributed by atoms with Gasteiger partial charge in [0.25, 0.3) is 5.92 Å². The first-order valence-electron chi connectivity index (χ1n) is 6.11. The van der Waals surface area contributed by atoms with Crippen LogP contribution < -0.4 is 0 Å². The molecule has 1 fully saturated rings. The number of methoxy groups -OCH3 is 1. The van der Waals surface area contributed by atoms with E-state index in [4.69, 9.17) is 9.47 Å². The molecule has 0 aromatic rings. The van der Waals surface area contributed by atoms with E-state index in [1.165, 1.54) is 19.3 Å². The molecular formula is C13H19F2NO3. The number of allylic oxidation sites excluding steroid dienone is 1. The number of hydrogen-bond donors (Lipinski definition) is 0. The Morgan fingerprint density at radius 1 is 1.37 bits per heavy atom. The summed E-state index contributed by atoms with van der Waals surface area (Å²) in [5.74, 6) is -2.69. The van der Waals surface area contributed by atoms with Crippen molar-refractivity contribution in [2.75, 3.05) is 33.4 Å². The number of esters is 1. The highest BCUT2D eigenvalue weighted by molar-refractivity contribution is 5.82. The molecule has 1 heterocycles. The Labute approximate surface area is 111 Å². The minimum absolute atomic E-state index is 0.130. The Morgan fingerprint density at radius 3 is 2.58 bits per heavy atom. The van der Waals surface area contributed by atoms with Gasteiger partial charge < -0.3 is 9.47 Å². The highest BCUT2D eigenvalue weighted by atomic mass is 19.3. The smallest absolute Gasteiger partial charge is 0.330 e. The number of carbonyl (C=O) groups excluding carboxylic acids is 1. The van der Waals surface area contributed by atoms with E-state index >= 15 is 0 Å². The molecular weight excluding hydrogens is 256 g/mol. The quantitative estimate of drug-likeness (QED) is 0.321. The van der Waals surface area contributed by atoms with E-state index < -0.39 is 11.9 Å². The number of alkyl halides is 2. The summed E-state index contributed by atoms with van der Waals surface area (Å²) in [6.45, 7) is 4.85. The molecule has 19 heavy (non-hydrogen) atoms. The van der Waals surface area contributed by atoms with Gasteiger partial charge in [-0.05, 0) is 6.08 Å². The fourth-order valence-electron chi connectivity index (χ4n) is 1.66. The van der Waals surface area contributed by atoms with Gasteiger partial charge in [0.1, 0.15) is 12.4 Å². The minimum Gasteiger partial charge on any atom is -0.497 e. The summed E-state index contributed by atoms with van der Waals surface area (Å²) in [5.41, 5.74) is 0. The molecule has 0 bridgehead atoms. The van der Waals surface area contributed by atoms with Crippen molar-refractivity contribution in [3.8, 4) is 0 Å². The number of carbonyl (C=O) groups is 1. The van der Waals surface area contributed by atoms with E-state index in [0.29, 0.717) is 25.4 Å². The van der Waals surface area contributed by atoms with Crippen LogP contribution in [0.5, 0.6) is 0 Å². The van der Waals surface area contributed by atoms with E-state index in [-0.39, 0.29) is 19.4 Å². The van der Waals surface area contributed by atoms with Gasteiger partial charge >= 0.3 is 5.97 Å². The minimum atomic E-state index is -2.55. The maximum absolute atomic E-state index is 12.9. The van der Waals surface area contributed by atoms with Gasteiger partial charge in [0.05, 0.1) is 7.11 Å². The number of likely N-dealkylation sites (tertiary alicyclic amines) is 1. The molecule has 0 atom stereocenters. The van der Waals surface area contributed by atoms with E-state index in [9.17, 15) is 13.6 Å². The molecule has 0 amide bonds. The molecule has 1 saturated heterocycles. The van der Waals surface area contributed by atoms with Crippen molar-refractivity contribution in [3.05, 3.63) is 24.5 Å². The molecule has 0 aromatic carbocycles. The molecule has 1 aliphatic heterocycles. The fourth-order valence-corrected chi connectivity index (χ4v) is 1.66. The number of rotatable bonds is 6. The number of halogens is 2. The maximum atomic E-state index is 12.9. The monoisotopic (exact) mass is 275 g/mol. The SMILES string of the molecule is C=C(/C=C/C(=O)OCCN1CCC(F)(F)CC1)OC. The lowest BCUT2D eigenvalue weighted by atomic mass is 10.1. The van der Waals surface area contributed by atoms with Gasteiger partial charge in [-0.1, -0.05) is 6.58 Å². The molecule has 1 rings (SSSR count). The maximum Gasteiger partial charge on any atom is 0.330 e. The van der Waals surface area contributed by atoms with Gasteiger partial charge in [-0.2, -0.15) is 0 Å². The number of nitrogens with zero attached hydrogens (tertiary/aromatic N) is 1. The highest BCUT2D eigenvalue weighted by Crippen LogP contribution is 2.27. The second kappa shape index (κ2) is 7.23. The lowest BCUT2D eigenvalue weighted by molar-refractivity contribution is -0.138. The predicted molar refractivity (Wildman–Crippen MR) is 66.9 cm³/mol. The standard InChI is InChI=1S/C13H19F2NO3/c1-11(18-2)3-4-12(17)19-10-9-16-7-5-13(14,15)6-8-16/h3-4H,1,5-10H2,2H3/b4-3+. The third-order valence-corrected chi connectivity index (χ3v) is 2.91. The summed E-state index contributed by atoms with van der Waals surface area (Å²) in [6.07, 6.45) is 2.36. The van der Waals surface area contributed by atoms with Crippen LogP contribution in [0.2, 0.25) is 0 Å². The summed E-state index contributed by atoms with van der Waals surface area (Å²) in [6, 6.07) is 0. The Morgan fingerprint density at radius 2 is 2.00 bits per heavy atom. The van der Waals surface area contributed by atoms with Crippen LogP contribution in [0.4, 0.5) is 8.78 Å². The van der Waals surface area contributed by atoms with Gasteiger partial charge in [0, 0.05) is 38.6 Å². The summed E-state index contributed by atoms with van der Waals surface area (Å²) in [5, 5.41) is 0. The van der Waals surface area contributed by atoms with Gasteiger partial charge in [-0.25, -0.2) is 13.6 Å². The number of piperidine rings is 1. The number of ether oxygens (including phenoxy) is 2. The van der Waals surface area contributed by atoms with Crippen LogP contribution in [0.25, 0.3) is 0 Å². The van der Waals surface area contributed by atoms with Crippen molar-refractivity contribution in [2.24, 2.45) is 0 Å². The van der Waals surface area contributed by atoms with E-state index in [1.807, 2.05) is 4.90 Å². The lowest BCUT2D eigenvalue weighted by Gasteiger charge is -2.31. The number of hydrogen-bond acceptors (Lipinski definition) is 4. The van der Waals surface area contributed by atoms with Crippen LogP contribution in [0, 0.1) is 0 Å². The van der Waals surface area contributed by atoms with Gasteiger partial charge in [-0.3, -0.25) is 4.90 Å². The normalized spacial score (nSPS) is 19.3. The molecule has 0 saturated carbocycles. The Hall–Kier alpha value is -1.43. The van der Waals surface area contributed by atoms with Gasteiger partial charge in [-0.15, -0.1) is 0 Å². The molecule has 0 unspecified atom stereocenters. The van der Waals surface area contributed by atoms with Crippen molar-refractivity contribution in [2.45, 2.75) is 18.8 Å². The summed E-state index contributed by atoms with van der Waals surface area (Å²) < 4.78 is 35.5. The molecule has 4 nitrogen and oxygen atoms in total. The molecule has 0 aromatic heterocycles. The third kappa shape index (κ3) is 6.33. The van der Waals surface area contributed by atoms with Crippen LogP contribution in [-0.2, 0) is 14.3 Å². The van der Waals surface area contributed by atoms with Crippen molar-refractivity contribution < 1.29 is 23.0 Å². The Bertz CT molecular complexity index is 346. The summed E-state index contributed by atoms with van der Waals surface area (Å²) in [7, 11) is 1.45. The van der Waals surface area contributed by atoms with Gasteiger partial charge in [0.15, 0.2) is 0 Å². The van der Waals surface area contributed by atoms with Crippen LogP contribution >= 0.6 is 0 Å². The van der Waals surface area contributed by atoms with E-state index in [0.717, 1.165) is 0 Å². The molecule has 0 spiro atoms. The van der Waals surface area contributed by atoms with Gasteiger partial charge in [0.2, 0.25) is 0 Å². The molecule has 0 aliphatic carbocycles. The first-order valence-corrected chi connectivity index (χ1v) is 6.11. The fraction of sp³-hybridized carbons (Fsp3) is 0.615. The average molecular weight is 275 g/mol. The van der Waals surface area contributed by atoms with Crippen molar-refractivity contribution in [1.29, 1.82) is 0 Å². The zero-order valence-corrected chi connectivity index (χ0v) is 11.0. The van der Waals surface area contributed by atoms with E-state index in [2.05, 4.69) is 6.58 Å². The average Bonchev–Trinajstić information content (AvgIpc) is 2.38. The van der Waals surface area contributed by atoms with Crippen LogP contribution in [0.3, 0.4) is 0 Å². The Kier molecular flexibility index (Phi) is 5.95. The van der Waals surface area contributed by atoms with Crippen molar-refractivity contribution >= 4 is 5.97 Å². The van der Waals surface area contributed by atoms with Crippen LogP contribution in [0.1, 0.15) is 12.8 Å². The first-order chi connectivity index (χ1) is 8.93. The predicted octanol–water partition coefficient (Wildman–Crippen LogP) is 1.98. The van der Waals surface area contributed by atoms with Crippen molar-refractivity contribution in [3.63, 3.8) is 0 Å². The first kappa shape index (κ1) is 15.6. The summed E-state index contributed by atoms with van der Waals surface area (Å²) in [4.78, 5) is 13.1. The Balaban J connectivity index is 2.16. The molecule has 1 aliphatic rings. The van der Waals surface area contributed by atoms with Crippen LogP contribution in [-0.4, -0.2) is 50.1 Å². The molecule has 0 N–H and O–H groups in total. The third-order valence-electron chi connectivity index (χ3n) is 2.91.